The molecule has 11 rings (SSSR count). The Morgan fingerprint density at radius 3 is 1.57 bits per heavy atom. The van der Waals surface area contributed by atoms with Crippen molar-refractivity contribution in [2.45, 2.75) is 0 Å². The summed E-state index contributed by atoms with van der Waals surface area (Å²) >= 11 is 0. The van der Waals surface area contributed by atoms with E-state index in [0.29, 0.717) is 5.82 Å². The fourth-order valence-electron chi connectivity index (χ4n) is 8.15. The van der Waals surface area contributed by atoms with Crippen molar-refractivity contribution in [3.05, 3.63) is 200 Å². The van der Waals surface area contributed by atoms with Gasteiger partial charge in [-0.1, -0.05) is 133 Å². The lowest BCUT2D eigenvalue weighted by Crippen LogP contribution is -1.96. The van der Waals surface area contributed by atoms with E-state index in [1.165, 1.54) is 21.8 Å². The van der Waals surface area contributed by atoms with Gasteiger partial charge in [0.25, 0.3) is 0 Å². The summed E-state index contributed by atoms with van der Waals surface area (Å²) in [6.07, 6.45) is 0. The molecular formula is C52H33N3O. The number of nitrogens with zero attached hydrogens (tertiary/aromatic N) is 3. The van der Waals surface area contributed by atoms with Gasteiger partial charge in [-0.15, -0.1) is 0 Å². The van der Waals surface area contributed by atoms with Crippen LogP contribution in [-0.4, -0.2) is 14.5 Å². The first-order valence-electron chi connectivity index (χ1n) is 18.9. The van der Waals surface area contributed by atoms with Crippen LogP contribution in [0, 0.1) is 0 Å². The third kappa shape index (κ3) is 5.39. The normalized spacial score (nSPS) is 11.7. The van der Waals surface area contributed by atoms with E-state index in [4.69, 9.17) is 14.7 Å². The molecular weight excluding hydrogens is 683 g/mol. The Morgan fingerprint density at radius 2 is 0.857 bits per heavy atom. The van der Waals surface area contributed by atoms with Gasteiger partial charge in [-0.3, -0.25) is 0 Å². The number of benzene rings is 8. The third-order valence-electron chi connectivity index (χ3n) is 10.8. The summed E-state index contributed by atoms with van der Waals surface area (Å²) in [5.41, 5.74) is 14.9. The van der Waals surface area contributed by atoms with Crippen molar-refractivity contribution in [3.8, 4) is 84.5 Å². The van der Waals surface area contributed by atoms with Crippen LogP contribution in [0.1, 0.15) is 0 Å². The molecule has 0 fully saturated rings. The van der Waals surface area contributed by atoms with Gasteiger partial charge >= 0.3 is 0 Å². The van der Waals surface area contributed by atoms with E-state index in [9.17, 15) is 0 Å². The van der Waals surface area contributed by atoms with Gasteiger partial charge in [0.15, 0.2) is 5.82 Å². The molecule has 0 N–H and O–H groups in total. The molecule has 0 spiro atoms. The monoisotopic (exact) mass is 715 g/mol. The minimum atomic E-state index is 0.691. The van der Waals surface area contributed by atoms with Gasteiger partial charge in [0, 0.05) is 44.3 Å². The Kier molecular flexibility index (Phi) is 7.46. The number of hydrogen-bond acceptors (Lipinski definition) is 3. The lowest BCUT2D eigenvalue weighted by Gasteiger charge is -2.13. The van der Waals surface area contributed by atoms with Gasteiger partial charge < -0.3 is 9.30 Å². The fourth-order valence-corrected chi connectivity index (χ4v) is 8.15. The summed E-state index contributed by atoms with van der Waals surface area (Å²) in [5.74, 6) is 2.33. The van der Waals surface area contributed by atoms with Crippen molar-refractivity contribution in [2.75, 3.05) is 0 Å². The molecule has 0 aliphatic carbocycles. The maximum Gasteiger partial charge on any atom is 0.160 e. The average molecular weight is 716 g/mol. The average Bonchev–Trinajstić information content (AvgIpc) is 3.53. The van der Waals surface area contributed by atoms with Crippen molar-refractivity contribution < 1.29 is 4.74 Å². The molecule has 4 heteroatoms. The summed E-state index contributed by atoms with van der Waals surface area (Å²) in [6.45, 7) is 0. The zero-order valence-corrected chi connectivity index (χ0v) is 30.3. The molecule has 1 aliphatic heterocycles. The molecule has 262 valence electrons. The second-order valence-corrected chi connectivity index (χ2v) is 14.2. The molecule has 0 bridgehead atoms. The van der Waals surface area contributed by atoms with Gasteiger partial charge in [-0.05, 0) is 89.0 Å². The Hall–Kier alpha value is -7.56. The maximum atomic E-state index is 6.80. The molecule has 0 unspecified atom stereocenters. The van der Waals surface area contributed by atoms with Crippen LogP contribution in [0.3, 0.4) is 0 Å². The minimum Gasteiger partial charge on any atom is -0.456 e. The number of para-hydroxylation sites is 2. The van der Waals surface area contributed by atoms with Crippen LogP contribution < -0.4 is 4.74 Å². The molecule has 2 aromatic heterocycles. The molecule has 1 aliphatic rings. The summed E-state index contributed by atoms with van der Waals surface area (Å²) in [6, 6.07) is 70.2. The van der Waals surface area contributed by atoms with Gasteiger partial charge in [0.2, 0.25) is 0 Å². The number of aromatic nitrogens is 3. The highest BCUT2D eigenvalue weighted by molar-refractivity contribution is 6.10. The molecule has 0 atom stereocenters. The SMILES string of the molecule is c1ccc(-c2cc(-c3ccc4c(c3)-c3ccccc3-c3cc(-c5ccc6c(c5)c5ccccc5n6-c5ccccc5)ccc3O4)nc(-c3ccccc3)n2)cc1. The summed E-state index contributed by atoms with van der Waals surface area (Å²) < 4.78 is 9.15. The van der Waals surface area contributed by atoms with Gasteiger partial charge in [0.05, 0.1) is 22.4 Å². The van der Waals surface area contributed by atoms with Crippen LogP contribution in [0.5, 0.6) is 11.5 Å². The first kappa shape index (κ1) is 31.9. The molecule has 0 amide bonds. The Balaban J connectivity index is 1.03. The first-order valence-corrected chi connectivity index (χ1v) is 18.9. The Bertz CT molecular complexity index is 3040. The number of fused-ring (bicyclic) bond motifs is 8. The third-order valence-corrected chi connectivity index (χ3v) is 10.8. The molecule has 56 heavy (non-hydrogen) atoms. The second-order valence-electron chi connectivity index (χ2n) is 14.2. The molecule has 0 radical (unpaired) electrons. The van der Waals surface area contributed by atoms with E-state index in [-0.39, 0.29) is 0 Å². The van der Waals surface area contributed by atoms with Crippen molar-refractivity contribution in [1.82, 2.24) is 14.5 Å². The summed E-state index contributed by atoms with van der Waals surface area (Å²) in [4.78, 5) is 10.1. The summed E-state index contributed by atoms with van der Waals surface area (Å²) in [7, 11) is 0. The number of rotatable bonds is 5. The molecule has 10 aromatic rings. The maximum absolute atomic E-state index is 6.80. The van der Waals surface area contributed by atoms with E-state index in [1.807, 2.05) is 36.4 Å². The second kappa shape index (κ2) is 13.1. The van der Waals surface area contributed by atoms with Gasteiger partial charge in [-0.25, -0.2) is 9.97 Å². The molecule has 8 aromatic carbocycles. The van der Waals surface area contributed by atoms with Crippen LogP contribution >= 0.6 is 0 Å². The van der Waals surface area contributed by atoms with E-state index >= 15 is 0 Å². The van der Waals surface area contributed by atoms with Crippen LogP contribution in [-0.2, 0) is 0 Å². The van der Waals surface area contributed by atoms with Crippen LogP contribution in [0.25, 0.3) is 94.8 Å². The zero-order chi connectivity index (χ0) is 37.0. The Morgan fingerprint density at radius 1 is 0.339 bits per heavy atom. The Labute approximate surface area is 324 Å². The zero-order valence-electron chi connectivity index (χ0n) is 30.3. The molecule has 0 saturated carbocycles. The number of hydrogen-bond donors (Lipinski definition) is 0. The van der Waals surface area contributed by atoms with E-state index in [1.54, 1.807) is 0 Å². The highest BCUT2D eigenvalue weighted by Crippen LogP contribution is 2.49. The highest BCUT2D eigenvalue weighted by atomic mass is 16.5. The minimum absolute atomic E-state index is 0.691. The smallest absolute Gasteiger partial charge is 0.160 e. The standard InChI is InChI=1S/C52H33N3O/c1-4-14-34(15-5-1)46-33-47(54-52(53-46)35-16-6-2-7-17-35)38-26-29-51-45(32-38)41-21-11-10-20-40(41)44-31-37(25-28-50(44)56-51)36-24-27-49-43(30-36)42-22-12-13-23-48(42)55(49)39-18-8-3-9-19-39/h1-33H. The predicted octanol–water partition coefficient (Wildman–Crippen LogP) is 13.7. The van der Waals surface area contributed by atoms with E-state index in [0.717, 1.165) is 78.6 Å². The van der Waals surface area contributed by atoms with E-state index in [2.05, 4.69) is 168 Å². The lowest BCUT2D eigenvalue weighted by atomic mass is 9.91. The molecule has 0 saturated heterocycles. The highest BCUT2D eigenvalue weighted by Gasteiger charge is 2.23. The quantitative estimate of drug-likeness (QED) is 0.178. The predicted molar refractivity (Wildman–Crippen MR) is 229 cm³/mol. The number of ether oxygens (including phenoxy) is 1. The molecule has 3 heterocycles. The van der Waals surface area contributed by atoms with Gasteiger partial charge in [0.1, 0.15) is 11.5 Å². The van der Waals surface area contributed by atoms with Crippen LogP contribution in [0.15, 0.2) is 200 Å². The van der Waals surface area contributed by atoms with Crippen molar-refractivity contribution in [2.24, 2.45) is 0 Å². The lowest BCUT2D eigenvalue weighted by molar-refractivity contribution is 0.488. The van der Waals surface area contributed by atoms with Crippen LogP contribution in [0.2, 0.25) is 0 Å². The van der Waals surface area contributed by atoms with E-state index < -0.39 is 0 Å². The summed E-state index contributed by atoms with van der Waals surface area (Å²) in [5, 5.41) is 2.46. The molecule has 4 nitrogen and oxygen atoms in total. The van der Waals surface area contributed by atoms with Gasteiger partial charge in [-0.2, -0.15) is 0 Å². The largest absolute Gasteiger partial charge is 0.456 e. The van der Waals surface area contributed by atoms with Crippen molar-refractivity contribution >= 4 is 21.8 Å². The van der Waals surface area contributed by atoms with Crippen molar-refractivity contribution in [1.29, 1.82) is 0 Å². The first-order chi connectivity index (χ1) is 27.7. The van der Waals surface area contributed by atoms with Crippen molar-refractivity contribution in [3.63, 3.8) is 0 Å². The topological polar surface area (TPSA) is 39.9 Å². The fraction of sp³-hybridized carbons (Fsp3) is 0. The van der Waals surface area contributed by atoms with Crippen LogP contribution in [0.4, 0.5) is 0 Å².